The summed E-state index contributed by atoms with van der Waals surface area (Å²) in [4.78, 5) is 31.8. The highest BCUT2D eigenvalue weighted by atomic mass is 32.1. The average Bonchev–Trinajstić information content (AvgIpc) is 3.65. The van der Waals surface area contributed by atoms with Crippen molar-refractivity contribution in [1.82, 2.24) is 4.90 Å². The van der Waals surface area contributed by atoms with Crippen molar-refractivity contribution in [3.63, 3.8) is 0 Å². The number of nitrogens with zero attached hydrogens (tertiary/aromatic N) is 1. The molecule has 2 spiro atoms. The van der Waals surface area contributed by atoms with Crippen molar-refractivity contribution in [2.24, 2.45) is 56.7 Å². The maximum absolute atomic E-state index is 15.1. The number of carbonyl (C=O) groups is 2. The molecule has 7 fully saturated rings. The lowest BCUT2D eigenvalue weighted by Gasteiger charge is -2.71. The molecule has 7 saturated carbocycles. The molecule has 52 heavy (non-hydrogen) atoms. The van der Waals surface area contributed by atoms with Crippen molar-refractivity contribution < 1.29 is 24.5 Å². The Morgan fingerprint density at radius 3 is 2.27 bits per heavy atom. The molecule has 6 bridgehead atoms. The van der Waals surface area contributed by atoms with Gasteiger partial charge in [-0.25, -0.2) is 4.79 Å². The van der Waals surface area contributed by atoms with Crippen LogP contribution in [-0.4, -0.2) is 58.4 Å². The van der Waals surface area contributed by atoms with Crippen LogP contribution in [0.4, 0.5) is 4.79 Å². The number of aliphatic hydroxyl groups is 2. The van der Waals surface area contributed by atoms with E-state index >= 15 is 4.79 Å². The van der Waals surface area contributed by atoms with Crippen LogP contribution < -0.4 is 0 Å². The van der Waals surface area contributed by atoms with Crippen molar-refractivity contribution in [1.29, 1.82) is 0 Å². The zero-order chi connectivity index (χ0) is 35.9. The first-order valence-corrected chi connectivity index (χ1v) is 21.5. The number of allylic oxidation sites excluding steroid dienone is 4. The van der Waals surface area contributed by atoms with Gasteiger partial charge in [0.05, 0.1) is 29.7 Å². The zero-order valence-corrected chi connectivity index (χ0v) is 32.2. The Balaban J connectivity index is 1.04. The fraction of sp³-hybridized carbons (Fsp3) is 0.689. The molecule has 8 unspecified atom stereocenters. The van der Waals surface area contributed by atoms with Gasteiger partial charge in [-0.3, -0.25) is 4.79 Å². The topological polar surface area (TPSA) is 87.1 Å². The van der Waals surface area contributed by atoms with Crippen molar-refractivity contribution in [2.75, 3.05) is 19.7 Å². The maximum atomic E-state index is 15.1. The molecule has 2 aromatic rings. The first kappa shape index (κ1) is 34.0. The Bertz CT molecular complexity index is 1830. The number of benzene rings is 1. The molecule has 1 aromatic heterocycles. The molecule has 12 rings (SSSR count). The van der Waals surface area contributed by atoms with E-state index in [9.17, 15) is 15.0 Å². The predicted octanol–water partition coefficient (Wildman–Crippen LogP) is 9.35. The van der Waals surface area contributed by atoms with Crippen LogP contribution in [0.5, 0.6) is 0 Å². The molecule has 0 radical (unpaired) electrons. The van der Waals surface area contributed by atoms with Gasteiger partial charge in [0.2, 0.25) is 0 Å². The molecular weight excluding hydrogens is 667 g/mol. The normalized spacial score (nSPS) is 46.4. The minimum atomic E-state index is -1.10. The van der Waals surface area contributed by atoms with E-state index in [1.54, 1.807) is 11.3 Å². The van der Waals surface area contributed by atoms with E-state index in [-0.39, 0.29) is 46.1 Å². The molecule has 6 nitrogen and oxygen atoms in total. The summed E-state index contributed by atoms with van der Waals surface area (Å²) in [5.74, 6) is 2.75. The van der Waals surface area contributed by atoms with E-state index in [1.807, 2.05) is 24.0 Å². The van der Waals surface area contributed by atoms with E-state index in [2.05, 4.69) is 50.3 Å². The number of rotatable bonds is 7. The number of ketones is 1. The van der Waals surface area contributed by atoms with Crippen LogP contribution >= 0.6 is 11.3 Å². The molecule has 8 atom stereocenters. The van der Waals surface area contributed by atoms with Gasteiger partial charge in [0.25, 0.3) is 0 Å². The summed E-state index contributed by atoms with van der Waals surface area (Å²) in [6.07, 6.45) is 19.7. The number of hydrogen-bond acceptors (Lipinski definition) is 6. The summed E-state index contributed by atoms with van der Waals surface area (Å²) in [5, 5.41) is 25.4. The maximum Gasteiger partial charge on any atom is 0.409 e. The Kier molecular flexibility index (Phi) is 7.39. The monoisotopic (exact) mass is 723 g/mol. The summed E-state index contributed by atoms with van der Waals surface area (Å²) in [7, 11) is 0. The Morgan fingerprint density at radius 1 is 0.885 bits per heavy atom. The third-order valence-corrected chi connectivity index (χ3v) is 18.4. The molecule has 278 valence electrons. The second kappa shape index (κ2) is 11.3. The van der Waals surface area contributed by atoms with Crippen LogP contribution in [-0.2, 0) is 4.74 Å². The number of ether oxygens (including phenoxy) is 1. The van der Waals surface area contributed by atoms with Crippen LogP contribution in [0.1, 0.15) is 114 Å². The number of Topliss-reactive ketones (excluding diaryl/α,β-unsaturated/α-hetero) is 1. The second-order valence-electron chi connectivity index (χ2n) is 19.8. The highest BCUT2D eigenvalue weighted by Crippen LogP contribution is 2.78. The molecule has 10 aliphatic rings. The fourth-order valence-corrected chi connectivity index (χ4v) is 16.4. The predicted molar refractivity (Wildman–Crippen MR) is 204 cm³/mol. The number of carbonyl (C=O) groups excluding carboxylic acids is 2. The minimum Gasteiger partial charge on any atom is -0.450 e. The highest BCUT2D eigenvalue weighted by molar-refractivity contribution is 7.21. The van der Waals surface area contributed by atoms with Gasteiger partial charge in [0, 0.05) is 33.1 Å². The van der Waals surface area contributed by atoms with Crippen LogP contribution in [0.3, 0.4) is 0 Å². The minimum absolute atomic E-state index is 0.0511. The van der Waals surface area contributed by atoms with Crippen LogP contribution in [0, 0.1) is 56.7 Å². The lowest BCUT2D eigenvalue weighted by molar-refractivity contribution is -0.177. The van der Waals surface area contributed by atoms with Crippen molar-refractivity contribution in [2.45, 2.75) is 116 Å². The number of amides is 1. The van der Waals surface area contributed by atoms with Gasteiger partial charge in [-0.15, -0.1) is 11.3 Å². The summed E-state index contributed by atoms with van der Waals surface area (Å²) < 4.78 is 6.89. The van der Waals surface area contributed by atoms with E-state index in [1.165, 1.54) is 38.5 Å². The smallest absolute Gasteiger partial charge is 0.409 e. The largest absolute Gasteiger partial charge is 0.450 e. The standard InChI is InChI=1S/C45H57NO5S/c1-4-51-39(49)46(26-42-21-28-17-29(22-42)19-30(18-28)23-42)27-44(50)14-11-37-41(44,3)13-10-36-40(2)12-9-32(47)24-43(40)15-16-45(36,37)33(25-43)38(48)35-20-31-7-5-6-8-34(31)52-35/h5-8,15-16,20,25,28-30,32,36-37,47,50H,4,9-14,17-19,21-24,26-27H2,1-3H3. The van der Waals surface area contributed by atoms with Gasteiger partial charge in [0.1, 0.15) is 0 Å². The van der Waals surface area contributed by atoms with E-state index in [0.717, 1.165) is 70.4 Å². The molecule has 1 aromatic carbocycles. The Labute approximate surface area is 313 Å². The Hall–Kier alpha value is -2.48. The first-order valence-electron chi connectivity index (χ1n) is 20.6. The average molecular weight is 724 g/mol. The molecule has 7 heteroatoms. The van der Waals surface area contributed by atoms with E-state index in [0.29, 0.717) is 32.5 Å². The van der Waals surface area contributed by atoms with Crippen LogP contribution in [0.15, 0.2) is 54.1 Å². The lowest BCUT2D eigenvalue weighted by atomic mass is 9.32. The summed E-state index contributed by atoms with van der Waals surface area (Å²) >= 11 is 1.58. The quantitative estimate of drug-likeness (QED) is 0.220. The van der Waals surface area contributed by atoms with E-state index < -0.39 is 16.4 Å². The molecule has 0 aliphatic heterocycles. The molecule has 1 amide bonds. The highest BCUT2D eigenvalue weighted by Gasteiger charge is 2.74. The molecule has 2 N–H and O–H groups in total. The number of hydrogen-bond donors (Lipinski definition) is 2. The van der Waals surface area contributed by atoms with Gasteiger partial charge < -0.3 is 19.8 Å². The third kappa shape index (κ3) is 4.48. The second-order valence-corrected chi connectivity index (χ2v) is 20.8. The Morgan fingerprint density at radius 2 is 1.56 bits per heavy atom. The first-order chi connectivity index (χ1) is 24.8. The number of aliphatic hydroxyl groups excluding tert-OH is 1. The third-order valence-electron chi connectivity index (χ3n) is 17.3. The molecule has 10 aliphatic carbocycles. The van der Waals surface area contributed by atoms with Gasteiger partial charge in [-0.1, -0.05) is 50.3 Å². The van der Waals surface area contributed by atoms with Crippen molar-refractivity contribution >= 4 is 33.3 Å². The molecule has 0 saturated heterocycles. The molecular formula is C45H57NO5S. The van der Waals surface area contributed by atoms with Crippen LogP contribution in [0.2, 0.25) is 0 Å². The number of thiophene rings is 1. The zero-order valence-electron chi connectivity index (χ0n) is 31.4. The summed E-state index contributed by atoms with van der Waals surface area (Å²) in [6.45, 7) is 7.92. The molecule has 1 heterocycles. The van der Waals surface area contributed by atoms with Gasteiger partial charge >= 0.3 is 6.09 Å². The van der Waals surface area contributed by atoms with Gasteiger partial charge in [0.15, 0.2) is 5.78 Å². The van der Waals surface area contributed by atoms with Crippen LogP contribution in [0.25, 0.3) is 10.1 Å². The summed E-state index contributed by atoms with van der Waals surface area (Å²) in [6, 6.07) is 10.3. The van der Waals surface area contributed by atoms with Crippen molar-refractivity contribution in [3.8, 4) is 0 Å². The fourth-order valence-electron chi connectivity index (χ4n) is 15.4. The summed E-state index contributed by atoms with van der Waals surface area (Å²) in [5.41, 5.74) is -1.52. The van der Waals surface area contributed by atoms with E-state index in [4.69, 9.17) is 4.74 Å². The SMILES string of the molecule is CCOC(=O)N(CC12CC3CC(CC(C3)C1)C2)CC1(O)CCC2C34C=CC5(C=C3C(=O)c3cc6ccccc6s3)CC(O)CCC5(C)C4CCC21C. The van der Waals surface area contributed by atoms with Gasteiger partial charge in [-0.05, 0) is 148 Å². The van der Waals surface area contributed by atoms with Gasteiger partial charge in [-0.2, -0.15) is 0 Å². The number of fused-ring (bicyclic) bond motifs is 2. The lowest BCUT2D eigenvalue weighted by Crippen LogP contribution is -2.67. The van der Waals surface area contributed by atoms with Crippen molar-refractivity contribution in [3.05, 3.63) is 59.0 Å².